The van der Waals surface area contributed by atoms with Crippen molar-refractivity contribution in [2.24, 2.45) is 0 Å². The Morgan fingerprint density at radius 2 is 2.08 bits per heavy atom. The molecule has 66 valence electrons. The molecule has 0 saturated carbocycles. The van der Waals surface area contributed by atoms with Gasteiger partial charge in [-0.3, -0.25) is 4.79 Å². The molecule has 0 amide bonds. The van der Waals surface area contributed by atoms with E-state index in [1.54, 1.807) is 0 Å². The molecule has 0 N–H and O–H groups in total. The lowest BCUT2D eigenvalue weighted by Crippen LogP contribution is -2.04. The van der Waals surface area contributed by atoms with Gasteiger partial charge < -0.3 is 4.90 Å². The van der Waals surface area contributed by atoms with Crippen LogP contribution in [0.1, 0.15) is 6.42 Å². The highest BCUT2D eigenvalue weighted by atomic mass is 16.1. The second kappa shape index (κ2) is 6.40. The molecule has 0 aromatic heterocycles. The lowest BCUT2D eigenvalue weighted by Gasteiger charge is -2.02. The molecule has 12 heavy (non-hydrogen) atoms. The summed E-state index contributed by atoms with van der Waals surface area (Å²) >= 11 is 0. The number of carbonyl (C=O) groups excluding carboxylic acids is 1. The van der Waals surface area contributed by atoms with Crippen LogP contribution < -0.4 is 0 Å². The highest BCUT2D eigenvalue weighted by Crippen LogP contribution is 1.97. The van der Waals surface area contributed by atoms with E-state index >= 15 is 0 Å². The average Bonchev–Trinajstić information content (AvgIpc) is 2.55. The lowest BCUT2D eigenvalue weighted by atomic mass is 10.4. The first kappa shape index (κ1) is 10.7. The summed E-state index contributed by atoms with van der Waals surface area (Å²) in [5, 5.41) is 0. The van der Waals surface area contributed by atoms with Gasteiger partial charge in [0.2, 0.25) is 0 Å². The van der Waals surface area contributed by atoms with Crippen molar-refractivity contribution in [3.63, 3.8) is 0 Å². The zero-order valence-corrected chi connectivity index (χ0v) is 7.49. The molecule has 0 aliphatic carbocycles. The van der Waals surface area contributed by atoms with Gasteiger partial charge in [0.15, 0.2) is 5.78 Å². The van der Waals surface area contributed by atoms with E-state index in [2.05, 4.69) is 37.4 Å². The molecule has 0 spiro atoms. The summed E-state index contributed by atoms with van der Waals surface area (Å²) in [7, 11) is 2.09. The van der Waals surface area contributed by atoms with Gasteiger partial charge in [0, 0.05) is 13.6 Å². The second-order valence-electron chi connectivity index (χ2n) is 2.46. The molecule has 1 heterocycles. The standard InChI is InChI=1S/C5H9N.C5H6O/c1-6-4-2-3-5-6;1-3-5(6)4-2/h2,4H,3,5H2,1H3;3-4H,1-2H2. The molecule has 0 fully saturated rings. The van der Waals surface area contributed by atoms with Crippen molar-refractivity contribution < 1.29 is 4.79 Å². The van der Waals surface area contributed by atoms with Gasteiger partial charge in [0.05, 0.1) is 0 Å². The van der Waals surface area contributed by atoms with Gasteiger partial charge in [-0.15, -0.1) is 0 Å². The normalized spacial score (nSPS) is 13.2. The maximum absolute atomic E-state index is 9.94. The van der Waals surface area contributed by atoms with E-state index in [9.17, 15) is 4.79 Å². The lowest BCUT2D eigenvalue weighted by molar-refractivity contribution is -0.110. The molecule has 0 bridgehead atoms. The molecule has 1 aliphatic rings. The summed E-state index contributed by atoms with van der Waals surface area (Å²) in [5.74, 6) is -0.130. The van der Waals surface area contributed by atoms with Crippen LogP contribution in [0.4, 0.5) is 0 Å². The third-order valence-electron chi connectivity index (χ3n) is 1.41. The summed E-state index contributed by atoms with van der Waals surface area (Å²) in [6.07, 6.45) is 7.95. The predicted octanol–water partition coefficient (Wildman–Crippen LogP) is 1.76. The first-order valence-electron chi connectivity index (χ1n) is 3.86. The Morgan fingerprint density at radius 3 is 2.17 bits per heavy atom. The highest BCUT2D eigenvalue weighted by Gasteiger charge is 1.92. The fourth-order valence-corrected chi connectivity index (χ4v) is 0.691. The van der Waals surface area contributed by atoms with Crippen LogP contribution in [0.2, 0.25) is 0 Å². The molecule has 0 unspecified atom stereocenters. The Bertz CT molecular complexity index is 184. The van der Waals surface area contributed by atoms with Crippen molar-refractivity contribution in [3.05, 3.63) is 37.6 Å². The maximum atomic E-state index is 9.94. The Labute approximate surface area is 73.9 Å². The van der Waals surface area contributed by atoms with Crippen LogP contribution in [-0.2, 0) is 4.79 Å². The monoisotopic (exact) mass is 165 g/mol. The summed E-state index contributed by atoms with van der Waals surface area (Å²) in [6.45, 7) is 7.63. The fraction of sp³-hybridized carbons (Fsp3) is 0.300. The van der Waals surface area contributed by atoms with Crippen molar-refractivity contribution >= 4 is 5.78 Å². The predicted molar refractivity (Wildman–Crippen MR) is 51.8 cm³/mol. The van der Waals surface area contributed by atoms with Crippen molar-refractivity contribution in [2.45, 2.75) is 6.42 Å². The van der Waals surface area contributed by atoms with Gasteiger partial charge in [-0.2, -0.15) is 0 Å². The van der Waals surface area contributed by atoms with Crippen molar-refractivity contribution in [2.75, 3.05) is 13.6 Å². The Balaban J connectivity index is 0.000000202. The minimum absolute atomic E-state index is 0.130. The number of nitrogens with zero attached hydrogens (tertiary/aromatic N) is 1. The van der Waals surface area contributed by atoms with E-state index in [1.807, 2.05) is 0 Å². The van der Waals surface area contributed by atoms with Crippen molar-refractivity contribution in [1.29, 1.82) is 0 Å². The SMILES string of the molecule is C=CC(=O)C=C.CN1C=CCC1. The van der Waals surface area contributed by atoms with E-state index in [0.29, 0.717) is 0 Å². The quantitative estimate of drug-likeness (QED) is 0.581. The van der Waals surface area contributed by atoms with Crippen LogP contribution in [0.5, 0.6) is 0 Å². The molecule has 0 aromatic rings. The molecular weight excluding hydrogens is 150 g/mol. The maximum Gasteiger partial charge on any atom is 0.177 e. The zero-order chi connectivity index (χ0) is 9.40. The number of ketones is 1. The summed E-state index contributed by atoms with van der Waals surface area (Å²) < 4.78 is 0. The first-order valence-corrected chi connectivity index (χ1v) is 3.86. The van der Waals surface area contributed by atoms with Gasteiger partial charge in [0.1, 0.15) is 0 Å². The van der Waals surface area contributed by atoms with E-state index in [4.69, 9.17) is 0 Å². The van der Waals surface area contributed by atoms with E-state index in [0.717, 1.165) is 0 Å². The Hall–Kier alpha value is -1.31. The molecule has 2 nitrogen and oxygen atoms in total. The summed E-state index contributed by atoms with van der Waals surface area (Å²) in [5.41, 5.74) is 0. The zero-order valence-electron chi connectivity index (χ0n) is 7.49. The molecule has 1 rings (SSSR count). The number of rotatable bonds is 2. The Kier molecular flexibility index (Phi) is 5.70. The van der Waals surface area contributed by atoms with Crippen LogP contribution in [0.15, 0.2) is 37.6 Å². The van der Waals surface area contributed by atoms with Crippen molar-refractivity contribution in [3.8, 4) is 0 Å². The van der Waals surface area contributed by atoms with Gasteiger partial charge in [-0.1, -0.05) is 19.2 Å². The van der Waals surface area contributed by atoms with E-state index in [-0.39, 0.29) is 5.78 Å². The van der Waals surface area contributed by atoms with E-state index < -0.39 is 0 Å². The highest BCUT2D eigenvalue weighted by molar-refractivity contribution is 5.98. The van der Waals surface area contributed by atoms with Gasteiger partial charge in [-0.25, -0.2) is 0 Å². The van der Waals surface area contributed by atoms with Crippen LogP contribution in [-0.4, -0.2) is 24.3 Å². The molecule has 0 saturated heterocycles. The molecule has 0 radical (unpaired) electrons. The molecule has 1 aliphatic heterocycles. The molecular formula is C10H15NO. The van der Waals surface area contributed by atoms with Gasteiger partial charge >= 0.3 is 0 Å². The summed E-state index contributed by atoms with van der Waals surface area (Å²) in [6, 6.07) is 0. The number of carbonyl (C=O) groups is 1. The minimum atomic E-state index is -0.130. The fourth-order valence-electron chi connectivity index (χ4n) is 0.691. The van der Waals surface area contributed by atoms with E-state index in [1.165, 1.54) is 25.1 Å². The van der Waals surface area contributed by atoms with Gasteiger partial charge in [-0.05, 0) is 24.8 Å². The molecule has 0 aromatic carbocycles. The Morgan fingerprint density at radius 1 is 1.50 bits per heavy atom. The second-order valence-corrected chi connectivity index (χ2v) is 2.46. The topological polar surface area (TPSA) is 20.3 Å². The van der Waals surface area contributed by atoms with Crippen molar-refractivity contribution in [1.82, 2.24) is 4.90 Å². The smallest absolute Gasteiger partial charge is 0.177 e. The van der Waals surface area contributed by atoms with Crippen LogP contribution in [0.3, 0.4) is 0 Å². The van der Waals surface area contributed by atoms with Crippen LogP contribution >= 0.6 is 0 Å². The summed E-state index contributed by atoms with van der Waals surface area (Å²) in [4.78, 5) is 12.1. The number of hydrogen-bond donors (Lipinski definition) is 0. The minimum Gasteiger partial charge on any atom is -0.380 e. The van der Waals surface area contributed by atoms with Crippen LogP contribution in [0, 0.1) is 0 Å². The average molecular weight is 165 g/mol. The van der Waals surface area contributed by atoms with Crippen LogP contribution in [0.25, 0.3) is 0 Å². The largest absolute Gasteiger partial charge is 0.380 e. The number of hydrogen-bond acceptors (Lipinski definition) is 2. The third-order valence-corrected chi connectivity index (χ3v) is 1.41. The first-order chi connectivity index (χ1) is 5.70. The number of allylic oxidation sites excluding steroid dienone is 2. The molecule has 2 heteroatoms. The molecule has 0 atom stereocenters. The van der Waals surface area contributed by atoms with Gasteiger partial charge in [0.25, 0.3) is 0 Å². The third kappa shape index (κ3) is 5.47.